The summed E-state index contributed by atoms with van der Waals surface area (Å²) in [5, 5.41) is 13.3. The Bertz CT molecular complexity index is 206. The van der Waals surface area contributed by atoms with Crippen LogP contribution in [0.2, 0.25) is 0 Å². The second-order valence-corrected chi connectivity index (χ2v) is 3.38. The van der Waals surface area contributed by atoms with Crippen LogP contribution in [0, 0.1) is 0 Å². The number of alkyl halides is 2. The number of aliphatic hydroxyl groups excluding tert-OH is 1. The summed E-state index contributed by atoms with van der Waals surface area (Å²) in [5.41, 5.74) is 0. The van der Waals surface area contributed by atoms with E-state index in [1.54, 1.807) is 0 Å². The van der Waals surface area contributed by atoms with Crippen LogP contribution in [0.25, 0.3) is 0 Å². The van der Waals surface area contributed by atoms with Crippen molar-refractivity contribution in [3.05, 3.63) is 0 Å². The lowest BCUT2D eigenvalue weighted by atomic mass is 10.2. The van der Waals surface area contributed by atoms with E-state index in [-0.39, 0.29) is 6.04 Å². The van der Waals surface area contributed by atoms with Gasteiger partial charge in [-0.3, -0.25) is 4.79 Å². The molecular weight excluding hydrogens is 194 g/mol. The summed E-state index contributed by atoms with van der Waals surface area (Å²) >= 11 is 0. The zero-order valence-corrected chi connectivity index (χ0v) is 7.72. The molecular formula is C8H14F2N2O2. The van der Waals surface area contributed by atoms with Gasteiger partial charge in [-0.1, -0.05) is 0 Å². The van der Waals surface area contributed by atoms with Crippen LogP contribution in [-0.2, 0) is 4.79 Å². The van der Waals surface area contributed by atoms with E-state index in [0.717, 1.165) is 13.0 Å². The molecule has 6 heteroatoms. The molecule has 0 aromatic carbocycles. The highest BCUT2D eigenvalue weighted by atomic mass is 19.3. The maximum Gasteiger partial charge on any atom is 0.287 e. The highest BCUT2D eigenvalue weighted by Gasteiger charge is 2.30. The van der Waals surface area contributed by atoms with Crippen LogP contribution in [-0.4, -0.2) is 42.7 Å². The number of rotatable bonds is 4. The summed E-state index contributed by atoms with van der Waals surface area (Å²) in [7, 11) is 0. The minimum absolute atomic E-state index is 0.357. The maximum absolute atomic E-state index is 12.5. The van der Waals surface area contributed by atoms with Crippen molar-refractivity contribution in [2.24, 2.45) is 0 Å². The molecule has 1 aliphatic rings. The van der Waals surface area contributed by atoms with Crippen molar-refractivity contribution >= 4 is 5.91 Å². The normalized spacial score (nSPS) is 22.4. The molecule has 0 radical (unpaired) electrons. The average molecular weight is 208 g/mol. The molecule has 0 bridgehead atoms. The van der Waals surface area contributed by atoms with E-state index < -0.39 is 25.0 Å². The second-order valence-electron chi connectivity index (χ2n) is 3.38. The zero-order chi connectivity index (χ0) is 10.6. The molecule has 1 amide bonds. The van der Waals surface area contributed by atoms with E-state index in [1.807, 2.05) is 0 Å². The Morgan fingerprint density at radius 2 is 2.36 bits per heavy atom. The minimum atomic E-state index is -3.23. The van der Waals surface area contributed by atoms with Crippen LogP contribution in [0.1, 0.15) is 12.8 Å². The Morgan fingerprint density at radius 1 is 1.64 bits per heavy atom. The van der Waals surface area contributed by atoms with Gasteiger partial charge in [0.05, 0.1) is 12.6 Å². The average Bonchev–Trinajstić information content (AvgIpc) is 2.67. The van der Waals surface area contributed by atoms with Gasteiger partial charge >= 0.3 is 0 Å². The Labute approximate surface area is 80.7 Å². The summed E-state index contributed by atoms with van der Waals surface area (Å²) in [6.07, 6.45) is 1.56. The number of nitrogens with one attached hydrogen (secondary N) is 2. The van der Waals surface area contributed by atoms with Gasteiger partial charge in [0.2, 0.25) is 5.91 Å². The molecule has 0 aromatic rings. The van der Waals surface area contributed by atoms with E-state index in [9.17, 15) is 13.6 Å². The lowest BCUT2D eigenvalue weighted by molar-refractivity contribution is -0.125. The number of carbonyl (C=O) groups is 1. The van der Waals surface area contributed by atoms with Gasteiger partial charge in [0.1, 0.15) is 6.61 Å². The number of aliphatic hydroxyl groups is 1. The van der Waals surface area contributed by atoms with Crippen LogP contribution < -0.4 is 10.6 Å². The second kappa shape index (κ2) is 4.65. The fourth-order valence-corrected chi connectivity index (χ4v) is 1.30. The van der Waals surface area contributed by atoms with Gasteiger partial charge in [0.15, 0.2) is 0 Å². The fraction of sp³-hybridized carbons (Fsp3) is 0.875. The van der Waals surface area contributed by atoms with Gasteiger partial charge in [-0.15, -0.1) is 0 Å². The molecule has 0 unspecified atom stereocenters. The van der Waals surface area contributed by atoms with Gasteiger partial charge in [-0.25, -0.2) is 8.78 Å². The SMILES string of the molecule is O=C(NCC(F)(F)CO)[C@H]1CCCN1. The smallest absolute Gasteiger partial charge is 0.287 e. The lowest BCUT2D eigenvalue weighted by Crippen LogP contribution is -2.46. The molecule has 3 N–H and O–H groups in total. The Kier molecular flexibility index (Phi) is 3.77. The van der Waals surface area contributed by atoms with Gasteiger partial charge in [0, 0.05) is 0 Å². The predicted octanol–water partition coefficient (Wildman–Crippen LogP) is -0.518. The lowest BCUT2D eigenvalue weighted by Gasteiger charge is -2.16. The van der Waals surface area contributed by atoms with Crippen LogP contribution in [0.15, 0.2) is 0 Å². The number of halogens is 2. The standard InChI is InChI=1S/C8H14F2N2O2/c9-8(10,5-13)4-12-7(14)6-2-1-3-11-6/h6,11,13H,1-5H2,(H,12,14)/t6-/m1/s1. The van der Waals surface area contributed by atoms with Crippen molar-refractivity contribution in [1.82, 2.24) is 10.6 Å². The molecule has 0 aromatic heterocycles. The Hall–Kier alpha value is -0.750. The van der Waals surface area contributed by atoms with E-state index >= 15 is 0 Å². The highest BCUT2D eigenvalue weighted by molar-refractivity contribution is 5.82. The highest BCUT2D eigenvalue weighted by Crippen LogP contribution is 2.10. The van der Waals surface area contributed by atoms with Crippen LogP contribution in [0.5, 0.6) is 0 Å². The van der Waals surface area contributed by atoms with E-state index in [4.69, 9.17) is 5.11 Å². The molecule has 1 rings (SSSR count). The molecule has 1 saturated heterocycles. The number of hydrogen-bond acceptors (Lipinski definition) is 3. The summed E-state index contributed by atoms with van der Waals surface area (Å²) in [4.78, 5) is 11.2. The summed E-state index contributed by atoms with van der Waals surface area (Å²) < 4.78 is 25.0. The molecule has 1 heterocycles. The molecule has 0 spiro atoms. The quantitative estimate of drug-likeness (QED) is 0.582. The first-order valence-corrected chi connectivity index (χ1v) is 4.55. The third-order valence-corrected chi connectivity index (χ3v) is 2.13. The third kappa shape index (κ3) is 3.19. The van der Waals surface area contributed by atoms with Gasteiger partial charge in [-0.05, 0) is 19.4 Å². The van der Waals surface area contributed by atoms with Crippen molar-refractivity contribution in [3.63, 3.8) is 0 Å². The monoisotopic (exact) mass is 208 g/mol. The van der Waals surface area contributed by atoms with E-state index in [1.165, 1.54) is 0 Å². The molecule has 0 aliphatic carbocycles. The van der Waals surface area contributed by atoms with Crippen LogP contribution in [0.4, 0.5) is 8.78 Å². The van der Waals surface area contributed by atoms with Gasteiger partial charge in [-0.2, -0.15) is 0 Å². The number of amides is 1. The van der Waals surface area contributed by atoms with Crippen molar-refractivity contribution in [2.75, 3.05) is 19.7 Å². The minimum Gasteiger partial charge on any atom is -0.390 e. The van der Waals surface area contributed by atoms with E-state index in [2.05, 4.69) is 10.6 Å². The predicted molar refractivity (Wildman–Crippen MR) is 46.1 cm³/mol. The zero-order valence-electron chi connectivity index (χ0n) is 7.72. The van der Waals surface area contributed by atoms with Gasteiger partial charge < -0.3 is 15.7 Å². The molecule has 1 fully saturated rings. The topological polar surface area (TPSA) is 61.4 Å². The Balaban J connectivity index is 2.27. The Morgan fingerprint density at radius 3 is 2.86 bits per heavy atom. The van der Waals surface area contributed by atoms with E-state index in [0.29, 0.717) is 6.42 Å². The van der Waals surface area contributed by atoms with Crippen LogP contribution in [0.3, 0.4) is 0 Å². The van der Waals surface area contributed by atoms with Crippen molar-refractivity contribution in [1.29, 1.82) is 0 Å². The first-order chi connectivity index (χ1) is 6.55. The fourth-order valence-electron chi connectivity index (χ4n) is 1.30. The first-order valence-electron chi connectivity index (χ1n) is 4.55. The number of hydrogen-bond donors (Lipinski definition) is 3. The summed E-state index contributed by atoms with van der Waals surface area (Å²) in [6.45, 7) is -1.31. The maximum atomic E-state index is 12.5. The summed E-state index contributed by atoms with van der Waals surface area (Å²) in [6, 6.07) is -0.357. The third-order valence-electron chi connectivity index (χ3n) is 2.13. The first kappa shape index (κ1) is 11.3. The molecule has 1 atom stereocenters. The van der Waals surface area contributed by atoms with Crippen molar-refractivity contribution in [3.8, 4) is 0 Å². The van der Waals surface area contributed by atoms with Crippen molar-refractivity contribution in [2.45, 2.75) is 24.8 Å². The molecule has 0 saturated carbocycles. The molecule has 14 heavy (non-hydrogen) atoms. The van der Waals surface area contributed by atoms with Gasteiger partial charge in [0.25, 0.3) is 5.92 Å². The summed E-state index contributed by atoms with van der Waals surface area (Å²) in [5.74, 6) is -3.65. The number of carbonyl (C=O) groups excluding carboxylic acids is 1. The van der Waals surface area contributed by atoms with Crippen molar-refractivity contribution < 1.29 is 18.7 Å². The molecule has 82 valence electrons. The molecule has 4 nitrogen and oxygen atoms in total. The molecule has 1 aliphatic heterocycles. The van der Waals surface area contributed by atoms with Crippen LogP contribution >= 0.6 is 0 Å². The largest absolute Gasteiger partial charge is 0.390 e.